The van der Waals surface area contributed by atoms with E-state index >= 15 is 0 Å². The molecule has 0 unspecified atom stereocenters. The van der Waals surface area contributed by atoms with Crippen LogP contribution in [0.5, 0.6) is 0 Å². The highest BCUT2D eigenvalue weighted by Crippen LogP contribution is 2.16. The van der Waals surface area contributed by atoms with Crippen LogP contribution in [0.25, 0.3) is 10.9 Å². The van der Waals surface area contributed by atoms with Crippen LogP contribution < -0.4 is 5.32 Å². The molecular weight excluding hydrogens is 350 g/mol. The lowest BCUT2D eigenvalue weighted by atomic mass is 10.0. The van der Waals surface area contributed by atoms with Crippen LogP contribution in [0, 0.1) is 0 Å². The van der Waals surface area contributed by atoms with Crippen molar-refractivity contribution < 1.29 is 14.3 Å². The number of para-hydroxylation sites is 1. The zero-order valence-corrected chi connectivity index (χ0v) is 14.9. The fraction of sp³-hybridized carbons (Fsp3) is 0.316. The Bertz CT molecular complexity index is 885. The summed E-state index contributed by atoms with van der Waals surface area (Å²) in [6.45, 7) is 1.49. The number of hydrogen-bond acceptors (Lipinski definition) is 6. The number of nitrogens with one attached hydrogen (secondary N) is 1. The highest BCUT2D eigenvalue weighted by Gasteiger charge is 2.28. The van der Waals surface area contributed by atoms with E-state index in [1.54, 1.807) is 11.7 Å². The Labute approximate surface area is 155 Å². The summed E-state index contributed by atoms with van der Waals surface area (Å²) in [7, 11) is 0. The molecule has 1 N–H and O–H groups in total. The number of rotatable bonds is 5. The van der Waals surface area contributed by atoms with Crippen LogP contribution in [0.4, 0.5) is 0 Å². The van der Waals surface area contributed by atoms with Crippen LogP contribution in [0.1, 0.15) is 22.5 Å². The van der Waals surface area contributed by atoms with Crippen molar-refractivity contribution in [3.05, 3.63) is 58.7 Å². The average molecular weight is 369 g/mol. The fourth-order valence-electron chi connectivity index (χ4n) is 2.99. The second kappa shape index (κ2) is 7.90. The van der Waals surface area contributed by atoms with Gasteiger partial charge in [-0.3, -0.25) is 9.78 Å². The topological polar surface area (TPSA) is 73.3 Å². The first kappa shape index (κ1) is 17.1. The number of hydrogen-bond donors (Lipinski definition) is 1. The fourth-order valence-corrected chi connectivity index (χ4v) is 3.53. The molecule has 1 aliphatic rings. The quantitative estimate of drug-likeness (QED) is 0.749. The maximum absolute atomic E-state index is 12.7. The summed E-state index contributed by atoms with van der Waals surface area (Å²) in [5.74, 6) is -0.141. The molecule has 0 saturated carbocycles. The summed E-state index contributed by atoms with van der Waals surface area (Å²) in [4.78, 5) is 21.3. The Hall–Kier alpha value is -2.35. The number of nitrogens with zero attached hydrogens (tertiary/aromatic N) is 2. The molecule has 3 heterocycles. The normalized spacial score (nSPS) is 20.2. The molecule has 134 valence electrons. The third-order valence-electron chi connectivity index (χ3n) is 4.40. The second-order valence-corrected chi connectivity index (χ2v) is 6.91. The van der Waals surface area contributed by atoms with E-state index in [0.717, 1.165) is 16.6 Å². The number of ether oxygens (including phenoxy) is 2. The largest absolute Gasteiger partial charge is 0.379 e. The van der Waals surface area contributed by atoms with Gasteiger partial charge in [0.25, 0.3) is 5.91 Å². The molecule has 2 atom stereocenters. The monoisotopic (exact) mass is 369 g/mol. The number of fused-ring (bicyclic) bond motifs is 1. The average Bonchev–Trinajstić information content (AvgIpc) is 3.20. The van der Waals surface area contributed by atoms with Crippen molar-refractivity contribution in [3.63, 3.8) is 0 Å². The third kappa shape index (κ3) is 3.90. The minimum absolute atomic E-state index is 0.0960. The number of amides is 1. The van der Waals surface area contributed by atoms with E-state index in [1.807, 2.05) is 35.7 Å². The van der Waals surface area contributed by atoms with E-state index in [4.69, 9.17) is 9.47 Å². The standard InChI is InChI=1S/C19H19N3O3S/c23-19(14-7-13-3-1-2-4-16(13)20-8-14)22-17-5-6-24-10-18(17)25-9-15-11-26-12-21-15/h1-4,7-8,11-12,17-18H,5-6,9-10H2,(H,22,23)/t17-,18-/m1/s1. The molecule has 0 radical (unpaired) electrons. The number of benzene rings is 1. The van der Waals surface area contributed by atoms with Crippen LogP contribution in [0.2, 0.25) is 0 Å². The lowest BCUT2D eigenvalue weighted by Gasteiger charge is -2.32. The number of carbonyl (C=O) groups excluding carboxylic acids is 1. The van der Waals surface area contributed by atoms with Gasteiger partial charge in [-0.05, 0) is 18.6 Å². The molecule has 4 rings (SSSR count). The van der Waals surface area contributed by atoms with Crippen LogP contribution >= 0.6 is 11.3 Å². The Morgan fingerprint density at radius 3 is 3.15 bits per heavy atom. The molecule has 1 aromatic carbocycles. The third-order valence-corrected chi connectivity index (χ3v) is 5.04. The zero-order valence-electron chi connectivity index (χ0n) is 14.1. The summed E-state index contributed by atoms with van der Waals surface area (Å²) in [5, 5.41) is 5.98. The lowest BCUT2D eigenvalue weighted by molar-refractivity contribution is -0.0742. The van der Waals surface area contributed by atoms with E-state index < -0.39 is 0 Å². The smallest absolute Gasteiger partial charge is 0.253 e. The van der Waals surface area contributed by atoms with Crippen molar-refractivity contribution in [2.45, 2.75) is 25.2 Å². The molecule has 2 aromatic heterocycles. The van der Waals surface area contributed by atoms with Gasteiger partial charge in [0, 0.05) is 23.6 Å². The van der Waals surface area contributed by atoms with Crippen LogP contribution in [0.3, 0.4) is 0 Å². The van der Waals surface area contributed by atoms with Crippen molar-refractivity contribution in [1.29, 1.82) is 0 Å². The number of pyridine rings is 1. The van der Waals surface area contributed by atoms with Crippen molar-refractivity contribution in [2.75, 3.05) is 13.2 Å². The lowest BCUT2D eigenvalue weighted by Crippen LogP contribution is -2.50. The summed E-state index contributed by atoms with van der Waals surface area (Å²) < 4.78 is 11.5. The first-order valence-corrected chi connectivity index (χ1v) is 9.46. The van der Waals surface area contributed by atoms with Crippen molar-refractivity contribution in [1.82, 2.24) is 15.3 Å². The second-order valence-electron chi connectivity index (χ2n) is 6.19. The first-order valence-electron chi connectivity index (χ1n) is 8.51. The van der Waals surface area contributed by atoms with Crippen LogP contribution in [0.15, 0.2) is 47.4 Å². The Morgan fingerprint density at radius 2 is 2.27 bits per heavy atom. The first-order chi connectivity index (χ1) is 12.8. The minimum Gasteiger partial charge on any atom is -0.379 e. The van der Waals surface area contributed by atoms with Gasteiger partial charge in [-0.15, -0.1) is 11.3 Å². The maximum atomic E-state index is 12.7. The number of carbonyl (C=O) groups is 1. The van der Waals surface area contributed by atoms with Crippen LogP contribution in [-0.2, 0) is 16.1 Å². The molecule has 6 nitrogen and oxygen atoms in total. The molecule has 0 bridgehead atoms. The SMILES string of the molecule is O=C(N[C@@H]1CCOC[C@H]1OCc1cscn1)c1cnc2ccccc2c1. The van der Waals surface area contributed by atoms with E-state index in [2.05, 4.69) is 15.3 Å². The van der Waals surface area contributed by atoms with Gasteiger partial charge in [0.15, 0.2) is 0 Å². The highest BCUT2D eigenvalue weighted by atomic mass is 32.1. The summed E-state index contributed by atoms with van der Waals surface area (Å²) >= 11 is 1.54. The predicted molar refractivity (Wildman–Crippen MR) is 99.1 cm³/mol. The van der Waals surface area contributed by atoms with Gasteiger partial charge >= 0.3 is 0 Å². The zero-order chi connectivity index (χ0) is 17.8. The number of thiazole rings is 1. The van der Waals surface area contributed by atoms with Crippen LogP contribution in [-0.4, -0.2) is 41.2 Å². The molecule has 1 fully saturated rings. The molecular formula is C19H19N3O3S. The van der Waals surface area contributed by atoms with Gasteiger partial charge in [-0.2, -0.15) is 0 Å². The van der Waals surface area contributed by atoms with Gasteiger partial charge in [-0.25, -0.2) is 4.98 Å². The van der Waals surface area contributed by atoms with Gasteiger partial charge in [0.2, 0.25) is 0 Å². The molecule has 0 aliphatic carbocycles. The van der Waals surface area contributed by atoms with E-state index in [1.165, 1.54) is 11.3 Å². The van der Waals surface area contributed by atoms with Gasteiger partial charge in [0.1, 0.15) is 6.10 Å². The summed E-state index contributed by atoms with van der Waals surface area (Å²) in [6.07, 6.45) is 2.14. The van der Waals surface area contributed by atoms with Crippen molar-refractivity contribution in [3.8, 4) is 0 Å². The Balaban J connectivity index is 1.43. The molecule has 7 heteroatoms. The van der Waals surface area contributed by atoms with E-state index in [9.17, 15) is 4.79 Å². The molecule has 1 saturated heterocycles. The molecule has 1 aliphatic heterocycles. The molecule has 3 aromatic rings. The van der Waals surface area contributed by atoms with Gasteiger partial charge in [0.05, 0.1) is 41.5 Å². The molecule has 26 heavy (non-hydrogen) atoms. The van der Waals surface area contributed by atoms with Crippen molar-refractivity contribution in [2.24, 2.45) is 0 Å². The Morgan fingerprint density at radius 1 is 1.35 bits per heavy atom. The number of aromatic nitrogens is 2. The molecule has 0 spiro atoms. The molecule has 1 amide bonds. The van der Waals surface area contributed by atoms with E-state index in [0.29, 0.717) is 31.8 Å². The summed E-state index contributed by atoms with van der Waals surface area (Å²) in [5.41, 5.74) is 4.10. The van der Waals surface area contributed by atoms with E-state index in [-0.39, 0.29) is 18.1 Å². The minimum atomic E-state index is -0.192. The summed E-state index contributed by atoms with van der Waals surface area (Å²) in [6, 6.07) is 9.52. The van der Waals surface area contributed by atoms with Gasteiger partial charge < -0.3 is 14.8 Å². The van der Waals surface area contributed by atoms with Crippen molar-refractivity contribution >= 4 is 28.1 Å². The Kier molecular flexibility index (Phi) is 5.19. The predicted octanol–water partition coefficient (Wildman–Crippen LogP) is 2.80. The maximum Gasteiger partial charge on any atom is 0.253 e. The highest BCUT2D eigenvalue weighted by molar-refractivity contribution is 7.07. The van der Waals surface area contributed by atoms with Gasteiger partial charge in [-0.1, -0.05) is 18.2 Å².